The summed E-state index contributed by atoms with van der Waals surface area (Å²) in [6.07, 6.45) is 10.4. The molecule has 0 saturated heterocycles. The van der Waals surface area contributed by atoms with Crippen molar-refractivity contribution in [1.82, 2.24) is 0 Å². The van der Waals surface area contributed by atoms with Crippen LogP contribution >= 0.6 is 7.60 Å². The van der Waals surface area contributed by atoms with Crippen LogP contribution in [0.2, 0.25) is 0 Å². The first-order valence-corrected chi connectivity index (χ1v) is 14.0. The number of nitrogens with zero attached hydrogens (tertiary/aromatic N) is 2. The van der Waals surface area contributed by atoms with Crippen molar-refractivity contribution in [2.75, 3.05) is 18.0 Å². The molecule has 0 fully saturated rings. The summed E-state index contributed by atoms with van der Waals surface area (Å²) >= 11 is 0. The molecule has 2 radical (unpaired) electrons. The number of hydrogen-bond acceptors (Lipinski definition) is 2. The van der Waals surface area contributed by atoms with Crippen molar-refractivity contribution < 1.29 is 18.9 Å². The Morgan fingerprint density at radius 3 is 2.33 bits per heavy atom. The normalized spacial score (nSPS) is 19.7. The Labute approximate surface area is 215 Å². The molecule has 0 unspecified atom stereocenters. The molecule has 2 aliphatic heterocycles. The SMILES string of the molecule is [CH]c1ccc2c(c1)C(C)(C)\C(=C/C=C/C=C/C1=[N+](CC)c3ccc(P(=O)(O)O)cc3C1(C)C)N2CC. The Morgan fingerprint density at radius 1 is 0.972 bits per heavy atom. The third kappa shape index (κ3) is 4.34. The van der Waals surface area contributed by atoms with Gasteiger partial charge in [-0.05, 0) is 70.0 Å². The van der Waals surface area contributed by atoms with Crippen molar-refractivity contribution in [2.24, 2.45) is 0 Å². The van der Waals surface area contributed by atoms with E-state index in [1.807, 2.05) is 24.3 Å². The fourth-order valence-corrected chi connectivity index (χ4v) is 6.14. The fraction of sp³-hybridized carbons (Fsp3) is 0.333. The highest BCUT2D eigenvalue weighted by atomic mass is 31.2. The van der Waals surface area contributed by atoms with Crippen LogP contribution in [0.15, 0.2) is 72.5 Å². The molecule has 6 heteroatoms. The molecule has 36 heavy (non-hydrogen) atoms. The smallest absolute Gasteiger partial charge is 0.344 e. The second-order valence-electron chi connectivity index (χ2n) is 10.4. The van der Waals surface area contributed by atoms with Gasteiger partial charge < -0.3 is 14.7 Å². The summed E-state index contributed by atoms with van der Waals surface area (Å²) < 4.78 is 14.1. The number of rotatable bonds is 6. The molecule has 0 saturated carbocycles. The van der Waals surface area contributed by atoms with Gasteiger partial charge in [-0.25, -0.2) is 0 Å². The molecule has 0 aromatic heterocycles. The fourth-order valence-electron chi connectivity index (χ4n) is 5.58. The van der Waals surface area contributed by atoms with E-state index in [1.165, 1.54) is 23.0 Å². The van der Waals surface area contributed by atoms with Crippen molar-refractivity contribution >= 4 is 30.0 Å². The molecule has 0 bridgehead atoms. The monoisotopic (exact) mass is 503 g/mol. The number of allylic oxidation sites excluding steroid dienone is 6. The van der Waals surface area contributed by atoms with Crippen LogP contribution in [0, 0.1) is 6.92 Å². The van der Waals surface area contributed by atoms with Crippen molar-refractivity contribution in [1.29, 1.82) is 0 Å². The van der Waals surface area contributed by atoms with Crippen LogP contribution in [0.1, 0.15) is 58.2 Å². The van der Waals surface area contributed by atoms with Gasteiger partial charge in [0.1, 0.15) is 6.54 Å². The molecule has 0 aliphatic carbocycles. The minimum Gasteiger partial charge on any atom is -0.344 e. The first kappa shape index (κ1) is 26.3. The lowest BCUT2D eigenvalue weighted by Crippen LogP contribution is -2.28. The Kier molecular flexibility index (Phi) is 6.81. The van der Waals surface area contributed by atoms with Crippen molar-refractivity contribution in [3.8, 4) is 0 Å². The average Bonchev–Trinajstić information content (AvgIpc) is 3.16. The molecule has 188 valence electrons. The lowest BCUT2D eigenvalue weighted by atomic mass is 9.81. The molecule has 0 atom stereocenters. The molecule has 5 nitrogen and oxygen atoms in total. The van der Waals surface area contributed by atoms with Crippen LogP contribution in [-0.2, 0) is 15.4 Å². The zero-order valence-electron chi connectivity index (χ0n) is 22.0. The quantitative estimate of drug-likeness (QED) is 0.299. The highest BCUT2D eigenvalue weighted by molar-refractivity contribution is 7.60. The van der Waals surface area contributed by atoms with Crippen molar-refractivity contribution in [2.45, 2.75) is 52.4 Å². The molecule has 4 rings (SSSR count). The van der Waals surface area contributed by atoms with Gasteiger partial charge in [-0.3, -0.25) is 4.57 Å². The molecule has 0 amide bonds. The first-order valence-electron chi connectivity index (χ1n) is 12.4. The van der Waals surface area contributed by atoms with Crippen molar-refractivity contribution in [3.63, 3.8) is 0 Å². The van der Waals surface area contributed by atoms with Crippen molar-refractivity contribution in [3.05, 3.63) is 96.1 Å². The zero-order chi connectivity index (χ0) is 26.5. The van der Waals surface area contributed by atoms with Crippen LogP contribution in [-0.4, -0.2) is 33.2 Å². The molecular formula is C30H36N2O3P+. The Hall–Kier alpha value is -2.72. The van der Waals surface area contributed by atoms with Crippen LogP contribution < -0.4 is 10.2 Å². The van der Waals surface area contributed by atoms with Crippen LogP contribution in [0.5, 0.6) is 0 Å². The van der Waals surface area contributed by atoms with Gasteiger partial charge >= 0.3 is 7.60 Å². The topological polar surface area (TPSA) is 63.8 Å². The van der Waals surface area contributed by atoms with E-state index in [2.05, 4.69) is 81.4 Å². The van der Waals surface area contributed by atoms with E-state index in [1.54, 1.807) is 6.07 Å². The van der Waals surface area contributed by atoms with Gasteiger partial charge in [0.05, 0.1) is 10.7 Å². The maximum atomic E-state index is 11.8. The first-order chi connectivity index (χ1) is 16.8. The summed E-state index contributed by atoms with van der Waals surface area (Å²) in [5, 5.41) is 0.0598. The average molecular weight is 504 g/mol. The number of benzene rings is 2. The lowest BCUT2D eigenvalue weighted by Gasteiger charge is -2.25. The Morgan fingerprint density at radius 2 is 1.69 bits per heavy atom. The summed E-state index contributed by atoms with van der Waals surface area (Å²) in [7, 11) is -4.31. The minimum atomic E-state index is -4.31. The van der Waals surface area contributed by atoms with Gasteiger partial charge in [0, 0.05) is 41.1 Å². The molecule has 2 aliphatic rings. The second-order valence-corrected chi connectivity index (χ2v) is 12.0. The van der Waals surface area contributed by atoms with Gasteiger partial charge in [-0.15, -0.1) is 0 Å². The van der Waals surface area contributed by atoms with E-state index in [4.69, 9.17) is 6.92 Å². The third-order valence-corrected chi connectivity index (χ3v) is 8.44. The summed E-state index contributed by atoms with van der Waals surface area (Å²) in [6.45, 7) is 20.6. The van der Waals surface area contributed by atoms with E-state index in [9.17, 15) is 14.4 Å². The van der Waals surface area contributed by atoms with E-state index in [0.29, 0.717) is 0 Å². The number of anilines is 1. The summed E-state index contributed by atoms with van der Waals surface area (Å²) in [5.41, 5.74) is 6.96. The maximum absolute atomic E-state index is 11.8. The predicted octanol–water partition coefficient (Wildman–Crippen LogP) is 5.76. The van der Waals surface area contributed by atoms with E-state index < -0.39 is 7.60 Å². The van der Waals surface area contributed by atoms with Gasteiger partial charge in [0.15, 0.2) is 5.71 Å². The van der Waals surface area contributed by atoms with Gasteiger partial charge in [0.25, 0.3) is 0 Å². The van der Waals surface area contributed by atoms with Gasteiger partial charge in [0.2, 0.25) is 5.69 Å². The molecule has 2 aromatic rings. The molecule has 2 heterocycles. The number of fused-ring (bicyclic) bond motifs is 2. The highest BCUT2D eigenvalue weighted by Gasteiger charge is 2.44. The third-order valence-electron chi connectivity index (χ3n) is 7.49. The van der Waals surface area contributed by atoms with E-state index >= 15 is 0 Å². The van der Waals surface area contributed by atoms with Gasteiger partial charge in [-0.2, -0.15) is 4.58 Å². The molecular weight excluding hydrogens is 467 g/mol. The lowest BCUT2D eigenvalue weighted by molar-refractivity contribution is -0.433. The minimum absolute atomic E-state index is 0.0598. The van der Waals surface area contributed by atoms with Crippen LogP contribution in [0.3, 0.4) is 0 Å². The summed E-state index contributed by atoms with van der Waals surface area (Å²) in [4.78, 5) is 21.7. The maximum Gasteiger partial charge on any atom is 0.356 e. The summed E-state index contributed by atoms with van der Waals surface area (Å²) in [6, 6.07) is 11.2. The van der Waals surface area contributed by atoms with Gasteiger partial charge in [-0.1, -0.05) is 44.2 Å². The predicted molar refractivity (Wildman–Crippen MR) is 149 cm³/mol. The highest BCUT2D eigenvalue weighted by Crippen LogP contribution is 2.48. The number of likely N-dealkylation sites (N-methyl/N-ethyl adjacent to an activating group) is 1. The van der Waals surface area contributed by atoms with E-state index in [0.717, 1.165) is 35.6 Å². The van der Waals surface area contributed by atoms with E-state index in [-0.39, 0.29) is 16.1 Å². The molecule has 0 spiro atoms. The Balaban J connectivity index is 1.63. The molecule has 2 N–H and O–H groups in total. The second kappa shape index (κ2) is 9.30. The van der Waals surface area contributed by atoms with Crippen LogP contribution in [0.25, 0.3) is 0 Å². The largest absolute Gasteiger partial charge is 0.356 e. The standard InChI is InChI=1S/C30H35N2O3P/c1-8-31-25-17-15-21(3)19-23(25)29(4,5)27(31)13-11-10-12-14-28-30(6,7)24-20-22(36(33,34)35)16-18-26(24)32(28)9-2/h3,10-20H,8-9H2,1-2,4-7H3,(H-,33,34,35)/p+1. The summed E-state index contributed by atoms with van der Waals surface area (Å²) in [5.74, 6) is 0. The zero-order valence-corrected chi connectivity index (χ0v) is 22.9. The number of hydrogen-bond donors (Lipinski definition) is 2. The van der Waals surface area contributed by atoms with Crippen LogP contribution in [0.4, 0.5) is 11.4 Å². The Bertz CT molecular complexity index is 1370. The molecule has 2 aromatic carbocycles.